The van der Waals surface area contributed by atoms with Crippen LogP contribution in [0, 0.1) is 0 Å². The summed E-state index contributed by atoms with van der Waals surface area (Å²) >= 11 is 2.84. The Hall–Kier alpha value is -3.46. The van der Waals surface area contributed by atoms with Crippen LogP contribution in [0.2, 0.25) is 0 Å². The van der Waals surface area contributed by atoms with Crippen LogP contribution in [0.1, 0.15) is 0 Å². The molecule has 13 nitrogen and oxygen atoms in total. The molecule has 0 saturated heterocycles. The maximum atomic E-state index is 4.36. The summed E-state index contributed by atoms with van der Waals surface area (Å²) in [5, 5.41) is 22.8. The zero-order valence-electron chi connectivity index (χ0n) is 12.4. The fourth-order valence-corrected chi connectivity index (χ4v) is 1.26. The third-order valence-electron chi connectivity index (χ3n) is 1.46. The van der Waals surface area contributed by atoms with Crippen LogP contribution in [-0.4, -0.2) is 55.1 Å². The summed E-state index contributed by atoms with van der Waals surface area (Å²) in [6, 6.07) is 0. The molecule has 15 heteroatoms. The van der Waals surface area contributed by atoms with Crippen molar-refractivity contribution in [2.75, 3.05) is 0 Å². The van der Waals surface area contributed by atoms with Crippen LogP contribution in [0.25, 0.3) is 0 Å². The standard InChI is InChI=1S/C2H3N3.2C2H2N2O.2C2H2N2S/c1-3-2-5-4-1;1-3-4-2-5-1;1-3-2-5-4-1;1-3-4-2-5-1;1-3-2-5-4-1/h1-2H,(H,3,4,5);4*1-2H. The summed E-state index contributed by atoms with van der Waals surface area (Å²) < 4.78 is 12.2. The number of aromatic nitrogens is 11. The Morgan fingerprint density at radius 1 is 0.760 bits per heavy atom. The van der Waals surface area contributed by atoms with Crippen molar-refractivity contribution in [2.24, 2.45) is 0 Å². The second-order valence-corrected chi connectivity index (χ2v) is 4.30. The summed E-state index contributed by atoms with van der Waals surface area (Å²) in [4.78, 5) is 10.6. The monoisotopic (exact) mass is 381 g/mol. The minimum Gasteiger partial charge on any atom is -0.431 e. The molecule has 0 bridgehead atoms. The highest BCUT2D eigenvalue weighted by atomic mass is 32.1. The number of rotatable bonds is 0. The van der Waals surface area contributed by atoms with E-state index in [4.69, 9.17) is 0 Å². The summed E-state index contributed by atoms with van der Waals surface area (Å²) in [6.45, 7) is 0. The Balaban J connectivity index is 0.000000156. The second-order valence-electron chi connectivity index (χ2n) is 2.97. The lowest BCUT2D eigenvalue weighted by Crippen LogP contribution is -1.53. The maximum absolute atomic E-state index is 4.36. The molecule has 1 N–H and O–H groups in total. The highest BCUT2D eigenvalue weighted by Gasteiger charge is 1.62. The predicted octanol–water partition coefficient (Wildman–Crippen LogP) is 1.02. The van der Waals surface area contributed by atoms with Crippen LogP contribution in [0.15, 0.2) is 70.0 Å². The van der Waals surface area contributed by atoms with Crippen molar-refractivity contribution in [3.8, 4) is 0 Å². The van der Waals surface area contributed by atoms with Crippen LogP contribution in [-0.2, 0) is 0 Å². The molecule has 5 rings (SSSR count). The van der Waals surface area contributed by atoms with Gasteiger partial charge < -0.3 is 8.94 Å². The third-order valence-corrected chi connectivity index (χ3v) is 2.33. The SMILES string of the molecule is c1nc[nH]n1.c1ncon1.c1ncsn1.c1nnco1.c1nncs1. The topological polar surface area (TPSA) is 171 Å². The van der Waals surface area contributed by atoms with Crippen molar-refractivity contribution in [3.05, 3.63) is 61.0 Å². The second kappa shape index (κ2) is 16.9. The molecule has 25 heavy (non-hydrogen) atoms. The van der Waals surface area contributed by atoms with Gasteiger partial charge in [-0.05, 0) is 11.5 Å². The number of nitrogens with zero attached hydrogens (tertiary/aromatic N) is 10. The first-order valence-electron chi connectivity index (χ1n) is 6.05. The van der Waals surface area contributed by atoms with Crippen molar-refractivity contribution in [1.82, 2.24) is 55.1 Å². The van der Waals surface area contributed by atoms with Gasteiger partial charge in [0.1, 0.15) is 35.5 Å². The van der Waals surface area contributed by atoms with Crippen LogP contribution in [0.4, 0.5) is 0 Å². The molecule has 5 aromatic heterocycles. The number of hydrogen-bond donors (Lipinski definition) is 1. The molecule has 0 spiro atoms. The van der Waals surface area contributed by atoms with Crippen LogP contribution in [0.5, 0.6) is 0 Å². The van der Waals surface area contributed by atoms with Gasteiger partial charge in [0.2, 0.25) is 19.2 Å². The Bertz CT molecular complexity index is 476. The van der Waals surface area contributed by atoms with E-state index in [1.807, 2.05) is 0 Å². The molecule has 5 heterocycles. The molecule has 0 radical (unpaired) electrons. The molecular weight excluding hydrogens is 370 g/mol. The molecule has 0 aliphatic rings. The van der Waals surface area contributed by atoms with Gasteiger partial charge in [0, 0.05) is 0 Å². The van der Waals surface area contributed by atoms with Gasteiger partial charge in [0.05, 0.1) is 0 Å². The van der Waals surface area contributed by atoms with Gasteiger partial charge in [-0.3, -0.25) is 5.10 Å². The van der Waals surface area contributed by atoms with Crippen molar-refractivity contribution >= 4 is 22.9 Å². The summed E-state index contributed by atoms with van der Waals surface area (Å²) in [5.74, 6) is 0. The van der Waals surface area contributed by atoms with Crippen molar-refractivity contribution < 1.29 is 8.94 Å². The normalized spacial score (nSPS) is 8.00. The molecule has 0 atom stereocenters. The van der Waals surface area contributed by atoms with E-state index in [1.54, 1.807) is 16.5 Å². The minimum atomic E-state index is 1.26. The quantitative estimate of drug-likeness (QED) is 0.404. The van der Waals surface area contributed by atoms with E-state index >= 15 is 0 Å². The Kier molecular flexibility index (Phi) is 13.2. The maximum Gasteiger partial charge on any atom is 0.213 e. The fourth-order valence-electron chi connectivity index (χ4n) is 0.711. The molecule has 0 unspecified atom stereocenters. The fraction of sp³-hybridized carbons (Fsp3) is 0. The van der Waals surface area contributed by atoms with Gasteiger partial charge in [0.15, 0.2) is 6.33 Å². The molecule has 0 aromatic carbocycles. The number of hydrogen-bond acceptors (Lipinski definition) is 14. The molecule has 0 saturated carbocycles. The Morgan fingerprint density at radius 3 is 1.80 bits per heavy atom. The molecule has 0 fully saturated rings. The van der Waals surface area contributed by atoms with Crippen LogP contribution < -0.4 is 0 Å². The first kappa shape index (κ1) is 19.6. The minimum absolute atomic E-state index is 1.26. The van der Waals surface area contributed by atoms with E-state index in [0.29, 0.717) is 0 Å². The zero-order chi connectivity index (χ0) is 17.7. The highest BCUT2D eigenvalue weighted by Crippen LogP contribution is 1.80. The molecule has 5 aromatic rings. The summed E-state index contributed by atoms with van der Waals surface area (Å²) in [6.07, 6.45) is 9.60. The summed E-state index contributed by atoms with van der Waals surface area (Å²) in [5.41, 5.74) is 5.04. The van der Waals surface area contributed by atoms with Crippen molar-refractivity contribution in [2.45, 2.75) is 0 Å². The van der Waals surface area contributed by atoms with Gasteiger partial charge in [0.25, 0.3) is 0 Å². The number of aromatic amines is 1. The molecule has 130 valence electrons. The molecule has 0 aliphatic heterocycles. The average Bonchev–Trinajstić information content (AvgIpc) is 3.55. The molecule has 0 amide bonds. The van der Waals surface area contributed by atoms with Gasteiger partial charge in [-0.1, -0.05) is 5.16 Å². The van der Waals surface area contributed by atoms with E-state index < -0.39 is 0 Å². The number of H-pyrrole nitrogens is 1. The third kappa shape index (κ3) is 15.2. The lowest BCUT2D eigenvalue weighted by molar-refractivity contribution is 0.416. The van der Waals surface area contributed by atoms with E-state index in [2.05, 4.69) is 64.0 Å². The first-order chi connectivity index (χ1) is 12.5. The predicted molar refractivity (Wildman–Crippen MR) is 84.8 cm³/mol. The molecular formula is C10H11N11O2S2. The van der Waals surface area contributed by atoms with Gasteiger partial charge in [-0.15, -0.1) is 31.7 Å². The van der Waals surface area contributed by atoms with E-state index in [-0.39, 0.29) is 0 Å². The van der Waals surface area contributed by atoms with Gasteiger partial charge in [-0.25, -0.2) is 15.0 Å². The average molecular weight is 381 g/mol. The van der Waals surface area contributed by atoms with Gasteiger partial charge >= 0.3 is 0 Å². The lowest BCUT2D eigenvalue weighted by atomic mass is 11.3. The zero-order valence-corrected chi connectivity index (χ0v) is 14.0. The van der Waals surface area contributed by atoms with Crippen molar-refractivity contribution in [3.63, 3.8) is 0 Å². The Morgan fingerprint density at radius 2 is 1.60 bits per heavy atom. The van der Waals surface area contributed by atoms with E-state index in [0.717, 1.165) is 0 Å². The van der Waals surface area contributed by atoms with Crippen molar-refractivity contribution in [1.29, 1.82) is 0 Å². The largest absolute Gasteiger partial charge is 0.431 e. The highest BCUT2D eigenvalue weighted by molar-refractivity contribution is 7.07. The first-order valence-corrected chi connectivity index (χ1v) is 7.83. The van der Waals surface area contributed by atoms with E-state index in [1.165, 1.54) is 67.4 Å². The van der Waals surface area contributed by atoms with E-state index in [9.17, 15) is 0 Å². The molecule has 0 aliphatic carbocycles. The summed E-state index contributed by atoms with van der Waals surface area (Å²) in [7, 11) is 0. The smallest absolute Gasteiger partial charge is 0.213 e. The number of nitrogens with one attached hydrogen (secondary N) is 1. The lowest BCUT2D eigenvalue weighted by Gasteiger charge is -1.46. The van der Waals surface area contributed by atoms with Crippen LogP contribution in [0.3, 0.4) is 0 Å². The Labute approximate surface area is 148 Å². The van der Waals surface area contributed by atoms with Crippen LogP contribution >= 0.6 is 22.9 Å². The van der Waals surface area contributed by atoms with Gasteiger partial charge in [-0.2, -0.15) is 9.47 Å².